The lowest BCUT2D eigenvalue weighted by molar-refractivity contribution is -0.0180. The normalized spacial score (nSPS) is 34.4. The van der Waals surface area contributed by atoms with Crippen LogP contribution in [0.15, 0.2) is 5.16 Å². The molecule has 2 fully saturated rings. The first-order valence-corrected chi connectivity index (χ1v) is 6.83. The van der Waals surface area contributed by atoms with Crippen LogP contribution in [0.4, 0.5) is 4.79 Å². The molecule has 108 valence electrons. The molecule has 2 rings (SSSR count). The van der Waals surface area contributed by atoms with Gasteiger partial charge in [0.1, 0.15) is 5.60 Å². The first-order valence-electron chi connectivity index (χ1n) is 6.83. The summed E-state index contributed by atoms with van der Waals surface area (Å²) in [6, 6.07) is 0. The molecular weight excluding hydrogens is 244 g/mol. The van der Waals surface area contributed by atoms with Crippen LogP contribution < -0.4 is 0 Å². The topological polar surface area (TPSA) is 62.1 Å². The maximum absolute atomic E-state index is 12.5. The lowest BCUT2D eigenvalue weighted by Crippen LogP contribution is -2.60. The van der Waals surface area contributed by atoms with Gasteiger partial charge in [0.25, 0.3) is 0 Å². The standard InChI is InChI=1S/C14H24N2O3/c1-12(2,3)19-11(17)16-13(4)6-7-14(16,5)9-10(8-13)15-18/h18H,6-9H2,1-5H3. The second-order valence-electron chi connectivity index (χ2n) is 7.33. The number of amides is 1. The summed E-state index contributed by atoms with van der Waals surface area (Å²) in [5.74, 6) is 0. The number of hydrogen-bond acceptors (Lipinski definition) is 4. The van der Waals surface area contributed by atoms with Crippen LogP contribution in [0.5, 0.6) is 0 Å². The summed E-state index contributed by atoms with van der Waals surface area (Å²) >= 11 is 0. The minimum absolute atomic E-state index is 0.257. The Morgan fingerprint density at radius 1 is 1.26 bits per heavy atom. The van der Waals surface area contributed by atoms with Crippen LogP contribution in [0.1, 0.15) is 60.3 Å². The van der Waals surface area contributed by atoms with E-state index in [9.17, 15) is 4.79 Å². The zero-order valence-electron chi connectivity index (χ0n) is 12.5. The van der Waals surface area contributed by atoms with Crippen LogP contribution in [0.2, 0.25) is 0 Å². The van der Waals surface area contributed by atoms with Crippen molar-refractivity contribution >= 4 is 11.8 Å². The highest BCUT2D eigenvalue weighted by Crippen LogP contribution is 2.49. The van der Waals surface area contributed by atoms with E-state index in [1.807, 2.05) is 39.5 Å². The van der Waals surface area contributed by atoms with Crippen molar-refractivity contribution < 1.29 is 14.7 Å². The van der Waals surface area contributed by atoms with Crippen molar-refractivity contribution in [2.75, 3.05) is 0 Å². The molecule has 2 aliphatic rings. The molecule has 0 saturated carbocycles. The highest BCUT2D eigenvalue weighted by Gasteiger charge is 2.57. The summed E-state index contributed by atoms with van der Waals surface area (Å²) in [7, 11) is 0. The second-order valence-corrected chi connectivity index (χ2v) is 7.33. The average Bonchev–Trinajstić information content (AvgIpc) is 2.39. The van der Waals surface area contributed by atoms with E-state index in [1.165, 1.54) is 0 Å². The number of carbonyl (C=O) groups is 1. The van der Waals surface area contributed by atoms with Gasteiger partial charge < -0.3 is 9.94 Å². The molecule has 5 nitrogen and oxygen atoms in total. The van der Waals surface area contributed by atoms with Gasteiger partial charge in [-0.15, -0.1) is 0 Å². The molecule has 1 N–H and O–H groups in total. The number of fused-ring (bicyclic) bond motifs is 2. The van der Waals surface area contributed by atoms with Crippen LogP contribution in [0.25, 0.3) is 0 Å². The molecule has 0 aromatic rings. The van der Waals surface area contributed by atoms with Gasteiger partial charge in [-0.2, -0.15) is 0 Å². The minimum Gasteiger partial charge on any atom is -0.444 e. The Morgan fingerprint density at radius 3 is 2.11 bits per heavy atom. The Labute approximate surface area is 114 Å². The second kappa shape index (κ2) is 4.12. The van der Waals surface area contributed by atoms with Crippen LogP contribution in [0, 0.1) is 0 Å². The molecule has 0 spiro atoms. The number of ether oxygens (including phenoxy) is 1. The zero-order valence-corrected chi connectivity index (χ0v) is 12.5. The molecule has 0 aliphatic carbocycles. The molecule has 0 radical (unpaired) electrons. The van der Waals surface area contributed by atoms with E-state index in [0.29, 0.717) is 12.8 Å². The Bertz CT molecular complexity index is 405. The van der Waals surface area contributed by atoms with Gasteiger partial charge in [-0.05, 0) is 47.5 Å². The van der Waals surface area contributed by atoms with Crippen molar-refractivity contribution in [2.45, 2.75) is 77.0 Å². The smallest absolute Gasteiger partial charge is 0.411 e. The third-order valence-corrected chi connectivity index (χ3v) is 4.17. The monoisotopic (exact) mass is 268 g/mol. The van der Waals surface area contributed by atoms with Crippen molar-refractivity contribution in [3.05, 3.63) is 0 Å². The van der Waals surface area contributed by atoms with Gasteiger partial charge in [-0.1, -0.05) is 5.16 Å². The predicted molar refractivity (Wildman–Crippen MR) is 72.6 cm³/mol. The average molecular weight is 268 g/mol. The zero-order chi connectivity index (χ0) is 14.5. The molecule has 1 amide bonds. The summed E-state index contributed by atoms with van der Waals surface area (Å²) in [6.45, 7) is 9.73. The maximum atomic E-state index is 12.5. The third kappa shape index (κ3) is 2.42. The van der Waals surface area contributed by atoms with Crippen molar-refractivity contribution in [1.82, 2.24) is 4.90 Å². The molecule has 2 aliphatic heterocycles. The van der Waals surface area contributed by atoms with Gasteiger partial charge in [-0.25, -0.2) is 4.79 Å². The first kappa shape index (κ1) is 14.2. The largest absolute Gasteiger partial charge is 0.444 e. The van der Waals surface area contributed by atoms with E-state index in [2.05, 4.69) is 5.16 Å². The summed E-state index contributed by atoms with van der Waals surface area (Å²) < 4.78 is 5.54. The van der Waals surface area contributed by atoms with Crippen LogP contribution >= 0.6 is 0 Å². The summed E-state index contributed by atoms with van der Waals surface area (Å²) in [5.41, 5.74) is -0.301. The van der Waals surface area contributed by atoms with Gasteiger partial charge in [0.2, 0.25) is 0 Å². The van der Waals surface area contributed by atoms with E-state index in [1.54, 1.807) is 0 Å². The van der Waals surface area contributed by atoms with Gasteiger partial charge in [-0.3, -0.25) is 4.90 Å². The lowest BCUT2D eigenvalue weighted by atomic mass is 9.84. The lowest BCUT2D eigenvalue weighted by Gasteiger charge is -2.48. The van der Waals surface area contributed by atoms with Crippen LogP contribution in [0.3, 0.4) is 0 Å². The van der Waals surface area contributed by atoms with E-state index in [0.717, 1.165) is 18.6 Å². The number of rotatable bonds is 0. The number of hydrogen-bond donors (Lipinski definition) is 1. The van der Waals surface area contributed by atoms with Gasteiger partial charge in [0.15, 0.2) is 0 Å². The van der Waals surface area contributed by atoms with Gasteiger partial charge >= 0.3 is 6.09 Å². The van der Waals surface area contributed by atoms with E-state index < -0.39 is 5.60 Å². The summed E-state index contributed by atoms with van der Waals surface area (Å²) in [4.78, 5) is 14.4. The van der Waals surface area contributed by atoms with Crippen LogP contribution in [-0.2, 0) is 4.74 Å². The molecule has 2 atom stereocenters. The Hall–Kier alpha value is -1.26. The third-order valence-electron chi connectivity index (χ3n) is 4.17. The summed E-state index contributed by atoms with van der Waals surface area (Å²) in [5, 5.41) is 12.4. The van der Waals surface area contributed by atoms with Gasteiger partial charge in [0.05, 0.1) is 5.71 Å². The number of oxime groups is 1. The molecular formula is C14H24N2O3. The summed E-state index contributed by atoms with van der Waals surface area (Å²) in [6.07, 6.45) is 2.83. The SMILES string of the molecule is CC(C)(C)OC(=O)N1C2(C)CCC1(C)CC(=NO)C2. The fourth-order valence-electron chi connectivity index (χ4n) is 3.51. The Balaban J connectivity index is 2.29. The molecule has 2 saturated heterocycles. The Kier molecular flexibility index (Phi) is 3.07. The van der Waals surface area contributed by atoms with E-state index in [4.69, 9.17) is 9.94 Å². The van der Waals surface area contributed by atoms with Crippen molar-refractivity contribution in [2.24, 2.45) is 5.16 Å². The van der Waals surface area contributed by atoms with Crippen molar-refractivity contribution in [3.63, 3.8) is 0 Å². The molecule has 19 heavy (non-hydrogen) atoms. The minimum atomic E-state index is -0.491. The maximum Gasteiger partial charge on any atom is 0.411 e. The fourth-order valence-corrected chi connectivity index (χ4v) is 3.51. The molecule has 0 aromatic carbocycles. The molecule has 2 heterocycles. The Morgan fingerprint density at radius 2 is 1.74 bits per heavy atom. The number of carbonyl (C=O) groups excluding carboxylic acids is 1. The van der Waals surface area contributed by atoms with E-state index in [-0.39, 0.29) is 17.2 Å². The quantitative estimate of drug-likeness (QED) is 0.542. The van der Waals surface area contributed by atoms with Crippen molar-refractivity contribution in [1.29, 1.82) is 0 Å². The predicted octanol–water partition coefficient (Wildman–Crippen LogP) is 3.16. The molecule has 2 bridgehead atoms. The molecule has 5 heteroatoms. The molecule has 2 unspecified atom stereocenters. The van der Waals surface area contributed by atoms with Crippen LogP contribution in [-0.4, -0.2) is 38.6 Å². The van der Waals surface area contributed by atoms with Crippen molar-refractivity contribution in [3.8, 4) is 0 Å². The number of piperidine rings is 1. The van der Waals surface area contributed by atoms with Gasteiger partial charge in [0, 0.05) is 23.9 Å². The van der Waals surface area contributed by atoms with E-state index >= 15 is 0 Å². The number of nitrogens with zero attached hydrogens (tertiary/aromatic N) is 2. The first-order chi connectivity index (χ1) is 8.60. The highest BCUT2D eigenvalue weighted by atomic mass is 16.6. The molecule has 0 aromatic heterocycles. The fraction of sp³-hybridized carbons (Fsp3) is 0.857. The highest BCUT2D eigenvalue weighted by molar-refractivity contribution is 5.89.